The summed E-state index contributed by atoms with van der Waals surface area (Å²) in [5.41, 5.74) is -0.244. The molecule has 0 aromatic heterocycles. The lowest BCUT2D eigenvalue weighted by Gasteiger charge is -2.36. The van der Waals surface area contributed by atoms with E-state index in [0.29, 0.717) is 24.3 Å². The van der Waals surface area contributed by atoms with Gasteiger partial charge in [0.2, 0.25) is 11.8 Å². The van der Waals surface area contributed by atoms with Gasteiger partial charge in [0.15, 0.2) is 0 Å². The molecule has 4 nitrogen and oxygen atoms in total. The molecule has 26 heavy (non-hydrogen) atoms. The molecule has 1 saturated carbocycles. The predicted octanol–water partition coefficient (Wildman–Crippen LogP) is 4.06. The van der Waals surface area contributed by atoms with Crippen LogP contribution in [0.5, 0.6) is 0 Å². The molecule has 142 valence electrons. The van der Waals surface area contributed by atoms with Crippen LogP contribution in [0.25, 0.3) is 0 Å². The summed E-state index contributed by atoms with van der Waals surface area (Å²) in [5, 5.41) is 3.43. The van der Waals surface area contributed by atoms with Gasteiger partial charge >= 0.3 is 0 Å². The van der Waals surface area contributed by atoms with Crippen molar-refractivity contribution in [3.8, 4) is 0 Å². The number of amides is 2. The van der Waals surface area contributed by atoms with E-state index in [1.807, 2.05) is 6.92 Å². The van der Waals surface area contributed by atoms with Gasteiger partial charge in [-0.2, -0.15) is 0 Å². The number of nitrogens with zero attached hydrogens (tertiary/aromatic N) is 1. The van der Waals surface area contributed by atoms with Crippen molar-refractivity contribution in [3.05, 3.63) is 34.6 Å². The molecule has 0 unspecified atom stereocenters. The van der Waals surface area contributed by atoms with E-state index in [1.54, 1.807) is 11.0 Å². The first-order chi connectivity index (χ1) is 12.3. The van der Waals surface area contributed by atoms with Crippen LogP contribution in [0.1, 0.15) is 57.9 Å². The molecule has 2 fully saturated rings. The van der Waals surface area contributed by atoms with Gasteiger partial charge in [-0.3, -0.25) is 9.59 Å². The maximum atomic E-state index is 13.3. The minimum atomic E-state index is -0.891. The van der Waals surface area contributed by atoms with Crippen molar-refractivity contribution in [2.45, 2.75) is 70.5 Å². The average molecular weight is 381 g/mol. The Morgan fingerprint density at radius 2 is 2.04 bits per heavy atom. The maximum absolute atomic E-state index is 13.3. The zero-order chi connectivity index (χ0) is 18.9. The van der Waals surface area contributed by atoms with E-state index >= 15 is 0 Å². The molecule has 1 aromatic carbocycles. The first-order valence-corrected chi connectivity index (χ1v) is 9.73. The summed E-state index contributed by atoms with van der Waals surface area (Å²) in [4.78, 5) is 27.0. The Morgan fingerprint density at radius 1 is 1.35 bits per heavy atom. The molecule has 1 atom stereocenters. The largest absolute Gasteiger partial charge is 0.351 e. The van der Waals surface area contributed by atoms with Crippen LogP contribution in [-0.2, 0) is 16.1 Å². The highest BCUT2D eigenvalue weighted by atomic mass is 35.5. The number of halogens is 2. The number of carbonyl (C=O) groups is 2. The second-order valence-electron chi connectivity index (χ2n) is 7.92. The third-order valence-corrected chi connectivity index (χ3v) is 6.26. The number of carbonyl (C=O) groups excluding carboxylic acids is 2. The van der Waals surface area contributed by atoms with Crippen LogP contribution in [0.3, 0.4) is 0 Å². The molecule has 0 bridgehead atoms. The first kappa shape index (κ1) is 19.2. The topological polar surface area (TPSA) is 49.4 Å². The third-order valence-electron chi connectivity index (χ3n) is 5.91. The van der Waals surface area contributed by atoms with Gasteiger partial charge in [0, 0.05) is 24.0 Å². The molecular formula is C20H26ClFN2O2. The van der Waals surface area contributed by atoms with Crippen molar-refractivity contribution in [2.24, 2.45) is 5.92 Å². The number of nitrogens with one attached hydrogen (secondary N) is 1. The number of hydrogen-bond donors (Lipinski definition) is 1. The Labute approximate surface area is 159 Å². The summed E-state index contributed by atoms with van der Waals surface area (Å²) >= 11 is 6.12. The molecule has 3 rings (SSSR count). The maximum Gasteiger partial charge on any atom is 0.245 e. The summed E-state index contributed by atoms with van der Waals surface area (Å²) in [6.45, 7) is 4.27. The smallest absolute Gasteiger partial charge is 0.245 e. The average Bonchev–Trinajstić information content (AvgIpc) is 2.89. The molecule has 1 aromatic rings. The Kier molecular flexibility index (Phi) is 5.56. The molecule has 1 heterocycles. The highest BCUT2D eigenvalue weighted by molar-refractivity contribution is 6.31. The van der Waals surface area contributed by atoms with Crippen LogP contribution in [0.4, 0.5) is 4.39 Å². The van der Waals surface area contributed by atoms with E-state index in [4.69, 9.17) is 11.6 Å². The van der Waals surface area contributed by atoms with Crippen LogP contribution >= 0.6 is 11.6 Å². The second kappa shape index (κ2) is 7.55. The Hall–Kier alpha value is -1.62. The quantitative estimate of drug-likeness (QED) is 0.856. The van der Waals surface area contributed by atoms with E-state index in [0.717, 1.165) is 25.7 Å². The fourth-order valence-corrected chi connectivity index (χ4v) is 4.19. The fraction of sp³-hybridized carbons (Fsp3) is 0.600. The molecule has 0 spiro atoms. The van der Waals surface area contributed by atoms with Crippen LogP contribution in [-0.4, -0.2) is 28.3 Å². The summed E-state index contributed by atoms with van der Waals surface area (Å²) in [5.74, 6) is 0.129. The van der Waals surface area contributed by atoms with E-state index in [9.17, 15) is 14.0 Å². The van der Waals surface area contributed by atoms with Gasteiger partial charge in [-0.1, -0.05) is 24.6 Å². The third kappa shape index (κ3) is 3.88. The molecule has 1 aliphatic heterocycles. The zero-order valence-electron chi connectivity index (χ0n) is 15.4. The van der Waals surface area contributed by atoms with Gasteiger partial charge in [-0.25, -0.2) is 4.39 Å². The second-order valence-corrected chi connectivity index (χ2v) is 8.33. The molecular weight excluding hydrogens is 355 g/mol. The highest BCUT2D eigenvalue weighted by Gasteiger charge is 2.47. The molecule has 1 saturated heterocycles. The molecule has 1 aliphatic carbocycles. The number of rotatable bonds is 4. The van der Waals surface area contributed by atoms with Gasteiger partial charge in [0.25, 0.3) is 0 Å². The van der Waals surface area contributed by atoms with Crippen molar-refractivity contribution in [1.29, 1.82) is 0 Å². The summed E-state index contributed by atoms with van der Waals surface area (Å²) in [6.07, 6.45) is 5.04. The van der Waals surface area contributed by atoms with Crippen LogP contribution < -0.4 is 5.32 Å². The van der Waals surface area contributed by atoms with Gasteiger partial charge in [0.1, 0.15) is 11.4 Å². The SMILES string of the molecule is CC1CCC(NC(=O)[C@@]2(C)CCC(=O)N2Cc2ccc(F)cc2Cl)CC1. The lowest BCUT2D eigenvalue weighted by molar-refractivity contribution is -0.141. The van der Waals surface area contributed by atoms with Crippen LogP contribution in [0.15, 0.2) is 18.2 Å². The standard InChI is InChI=1S/C20H26ClFN2O2/c1-13-3-7-16(8-4-13)23-19(26)20(2)10-9-18(25)24(20)12-14-5-6-15(22)11-17(14)21/h5-6,11,13,16H,3-4,7-10,12H2,1-2H3,(H,23,26)/t13?,16?,20-/m1/s1. The van der Waals surface area contributed by atoms with Gasteiger partial charge in [-0.15, -0.1) is 0 Å². The van der Waals surface area contributed by atoms with Crippen molar-refractivity contribution in [1.82, 2.24) is 10.2 Å². The minimum absolute atomic E-state index is 0.0692. The van der Waals surface area contributed by atoms with E-state index in [2.05, 4.69) is 12.2 Å². The van der Waals surface area contributed by atoms with Crippen molar-refractivity contribution < 1.29 is 14.0 Å². The van der Waals surface area contributed by atoms with Crippen molar-refractivity contribution in [3.63, 3.8) is 0 Å². The monoisotopic (exact) mass is 380 g/mol. The van der Waals surface area contributed by atoms with E-state index in [-0.39, 0.29) is 29.4 Å². The zero-order valence-corrected chi connectivity index (χ0v) is 16.1. The summed E-state index contributed by atoms with van der Waals surface area (Å²) < 4.78 is 13.3. The minimum Gasteiger partial charge on any atom is -0.351 e. The lowest BCUT2D eigenvalue weighted by atomic mass is 9.86. The van der Waals surface area contributed by atoms with Gasteiger partial charge < -0.3 is 10.2 Å². The van der Waals surface area contributed by atoms with Crippen LogP contribution in [0, 0.1) is 11.7 Å². The fourth-order valence-electron chi connectivity index (χ4n) is 3.96. The Morgan fingerprint density at radius 3 is 2.69 bits per heavy atom. The number of hydrogen-bond acceptors (Lipinski definition) is 2. The Balaban J connectivity index is 1.73. The number of benzene rings is 1. The molecule has 2 aliphatic rings. The van der Waals surface area contributed by atoms with E-state index in [1.165, 1.54) is 12.1 Å². The van der Waals surface area contributed by atoms with Crippen LogP contribution in [0.2, 0.25) is 5.02 Å². The number of likely N-dealkylation sites (tertiary alicyclic amines) is 1. The van der Waals surface area contributed by atoms with Gasteiger partial charge in [-0.05, 0) is 62.6 Å². The van der Waals surface area contributed by atoms with Crippen molar-refractivity contribution >= 4 is 23.4 Å². The van der Waals surface area contributed by atoms with Crippen molar-refractivity contribution in [2.75, 3.05) is 0 Å². The molecule has 0 radical (unpaired) electrons. The van der Waals surface area contributed by atoms with Gasteiger partial charge in [0.05, 0.1) is 0 Å². The first-order valence-electron chi connectivity index (χ1n) is 9.35. The summed E-state index contributed by atoms with van der Waals surface area (Å²) in [7, 11) is 0. The summed E-state index contributed by atoms with van der Waals surface area (Å²) in [6, 6.07) is 4.31. The predicted molar refractivity (Wildman–Crippen MR) is 99.2 cm³/mol. The normalized spacial score (nSPS) is 29.1. The Bertz CT molecular complexity index is 703. The molecule has 6 heteroatoms. The lowest BCUT2D eigenvalue weighted by Crippen LogP contribution is -2.56. The molecule has 1 N–H and O–H groups in total. The molecule has 2 amide bonds. The van der Waals surface area contributed by atoms with E-state index < -0.39 is 11.4 Å². The highest BCUT2D eigenvalue weighted by Crippen LogP contribution is 2.34.